The van der Waals surface area contributed by atoms with Gasteiger partial charge in [-0.05, 0) is 46.5 Å². The maximum absolute atomic E-state index is 11.1. The molecule has 3 aromatic carbocycles. The monoisotopic (exact) mass is 364 g/mol. The fraction of sp³-hybridized carbons (Fsp3) is 0.136. The van der Waals surface area contributed by atoms with E-state index in [9.17, 15) is 4.79 Å². The molecule has 0 aromatic heterocycles. The third-order valence-electron chi connectivity index (χ3n) is 4.35. The van der Waals surface area contributed by atoms with Crippen LogP contribution in [0.2, 0.25) is 0 Å². The molecule has 138 valence electrons. The van der Waals surface area contributed by atoms with Crippen LogP contribution >= 0.6 is 0 Å². The van der Waals surface area contributed by atoms with Crippen molar-refractivity contribution in [2.45, 2.75) is 0 Å². The molecular weight excluding hydrogens is 344 g/mol. The van der Waals surface area contributed by atoms with E-state index < -0.39 is 5.97 Å². The van der Waals surface area contributed by atoms with Gasteiger partial charge in [0.1, 0.15) is 0 Å². The molecule has 0 atom stereocenters. The minimum absolute atomic E-state index is 0.254. The molecular formula is C22H20O5. The number of ether oxygens (including phenoxy) is 3. The highest BCUT2D eigenvalue weighted by Gasteiger charge is 2.16. The second-order valence-electron chi connectivity index (χ2n) is 5.84. The van der Waals surface area contributed by atoms with Gasteiger partial charge in [-0.3, -0.25) is 0 Å². The van der Waals surface area contributed by atoms with Gasteiger partial charge in [0.15, 0.2) is 11.5 Å². The van der Waals surface area contributed by atoms with E-state index in [2.05, 4.69) is 0 Å². The van der Waals surface area contributed by atoms with Crippen molar-refractivity contribution in [1.29, 1.82) is 0 Å². The molecule has 0 aliphatic heterocycles. The van der Waals surface area contributed by atoms with E-state index in [1.165, 1.54) is 0 Å². The van der Waals surface area contributed by atoms with E-state index in [0.717, 1.165) is 22.3 Å². The highest BCUT2D eigenvalue weighted by Crippen LogP contribution is 2.43. The number of carboxylic acid groups (broad SMARTS) is 1. The van der Waals surface area contributed by atoms with Crippen LogP contribution in [0.3, 0.4) is 0 Å². The van der Waals surface area contributed by atoms with Crippen LogP contribution in [0.15, 0.2) is 60.7 Å². The SMILES string of the molecule is COc1cc(-c2ccccc2-c2ccc(C(=O)O)cc2)cc(OC)c1OC. The number of carbonyl (C=O) groups is 1. The molecule has 5 heteroatoms. The first-order valence-corrected chi connectivity index (χ1v) is 8.32. The molecule has 0 aliphatic carbocycles. The zero-order valence-corrected chi connectivity index (χ0v) is 15.4. The van der Waals surface area contributed by atoms with Crippen LogP contribution in [0, 0.1) is 0 Å². The summed E-state index contributed by atoms with van der Waals surface area (Å²) < 4.78 is 16.3. The van der Waals surface area contributed by atoms with E-state index in [1.807, 2.05) is 36.4 Å². The lowest BCUT2D eigenvalue weighted by atomic mass is 9.93. The number of benzene rings is 3. The second-order valence-corrected chi connectivity index (χ2v) is 5.84. The Morgan fingerprint density at radius 3 is 1.70 bits per heavy atom. The van der Waals surface area contributed by atoms with Crippen LogP contribution in [-0.4, -0.2) is 32.4 Å². The molecule has 0 fully saturated rings. The van der Waals surface area contributed by atoms with E-state index in [4.69, 9.17) is 19.3 Å². The van der Waals surface area contributed by atoms with Crippen LogP contribution in [0.5, 0.6) is 17.2 Å². The summed E-state index contributed by atoms with van der Waals surface area (Å²) in [6.07, 6.45) is 0. The lowest BCUT2D eigenvalue weighted by Crippen LogP contribution is -1.97. The lowest BCUT2D eigenvalue weighted by molar-refractivity contribution is 0.0697. The van der Waals surface area contributed by atoms with Gasteiger partial charge in [0.2, 0.25) is 5.75 Å². The maximum atomic E-state index is 11.1. The lowest BCUT2D eigenvalue weighted by Gasteiger charge is -2.16. The molecule has 0 saturated carbocycles. The summed E-state index contributed by atoms with van der Waals surface area (Å²) >= 11 is 0. The minimum atomic E-state index is -0.945. The van der Waals surface area contributed by atoms with Gasteiger partial charge in [-0.15, -0.1) is 0 Å². The molecule has 3 aromatic rings. The molecule has 0 aliphatic rings. The first-order valence-electron chi connectivity index (χ1n) is 8.32. The smallest absolute Gasteiger partial charge is 0.335 e. The molecule has 0 unspecified atom stereocenters. The Balaban J connectivity index is 2.15. The predicted molar refractivity (Wildman–Crippen MR) is 104 cm³/mol. The molecule has 0 spiro atoms. The number of hydrogen-bond acceptors (Lipinski definition) is 4. The van der Waals surface area contributed by atoms with Gasteiger partial charge in [0, 0.05) is 0 Å². The Hall–Kier alpha value is -3.47. The van der Waals surface area contributed by atoms with Crippen LogP contribution in [0.1, 0.15) is 10.4 Å². The van der Waals surface area contributed by atoms with Crippen molar-refractivity contribution in [3.05, 3.63) is 66.2 Å². The van der Waals surface area contributed by atoms with Gasteiger partial charge in [-0.2, -0.15) is 0 Å². The van der Waals surface area contributed by atoms with Crippen LogP contribution in [-0.2, 0) is 0 Å². The molecule has 5 nitrogen and oxygen atoms in total. The Bertz CT molecular complexity index is 936. The van der Waals surface area contributed by atoms with Crippen LogP contribution in [0.4, 0.5) is 0 Å². The van der Waals surface area contributed by atoms with Gasteiger partial charge in [0.05, 0.1) is 26.9 Å². The van der Waals surface area contributed by atoms with E-state index in [0.29, 0.717) is 17.2 Å². The number of rotatable bonds is 6. The quantitative estimate of drug-likeness (QED) is 0.684. The number of aromatic carboxylic acids is 1. The average Bonchev–Trinajstić information content (AvgIpc) is 2.72. The zero-order chi connectivity index (χ0) is 19.4. The Morgan fingerprint density at radius 1 is 0.741 bits per heavy atom. The van der Waals surface area contributed by atoms with E-state index in [-0.39, 0.29) is 5.56 Å². The predicted octanol–water partition coefficient (Wildman–Crippen LogP) is 4.74. The maximum Gasteiger partial charge on any atom is 0.335 e. The summed E-state index contributed by atoms with van der Waals surface area (Å²) in [7, 11) is 4.73. The first kappa shape index (κ1) is 18.3. The molecule has 27 heavy (non-hydrogen) atoms. The van der Waals surface area contributed by atoms with Gasteiger partial charge < -0.3 is 19.3 Å². The topological polar surface area (TPSA) is 65.0 Å². The fourth-order valence-electron chi connectivity index (χ4n) is 3.02. The molecule has 1 N–H and O–H groups in total. The normalized spacial score (nSPS) is 10.3. The fourth-order valence-corrected chi connectivity index (χ4v) is 3.02. The summed E-state index contributed by atoms with van der Waals surface area (Å²) in [6, 6.07) is 18.5. The summed E-state index contributed by atoms with van der Waals surface area (Å²) in [5.74, 6) is 0.734. The summed E-state index contributed by atoms with van der Waals surface area (Å²) in [5, 5.41) is 9.10. The van der Waals surface area contributed by atoms with Gasteiger partial charge in [-0.25, -0.2) is 4.79 Å². The summed E-state index contributed by atoms with van der Waals surface area (Å²) in [5.41, 5.74) is 4.03. The zero-order valence-electron chi connectivity index (χ0n) is 15.4. The number of hydrogen-bond donors (Lipinski definition) is 1. The van der Waals surface area contributed by atoms with Crippen molar-refractivity contribution >= 4 is 5.97 Å². The molecule has 0 saturated heterocycles. The summed E-state index contributed by atoms with van der Waals surface area (Å²) in [6.45, 7) is 0. The first-order chi connectivity index (χ1) is 13.1. The number of methoxy groups -OCH3 is 3. The van der Waals surface area contributed by atoms with Gasteiger partial charge in [0.25, 0.3) is 0 Å². The largest absolute Gasteiger partial charge is 0.493 e. The van der Waals surface area contributed by atoms with Crippen molar-refractivity contribution in [2.24, 2.45) is 0 Å². The Morgan fingerprint density at radius 2 is 1.26 bits per heavy atom. The Labute approximate surface area is 157 Å². The third-order valence-corrected chi connectivity index (χ3v) is 4.35. The second kappa shape index (κ2) is 7.83. The van der Waals surface area contributed by atoms with E-state index >= 15 is 0 Å². The van der Waals surface area contributed by atoms with E-state index in [1.54, 1.807) is 45.6 Å². The van der Waals surface area contributed by atoms with Crippen molar-refractivity contribution in [2.75, 3.05) is 21.3 Å². The average molecular weight is 364 g/mol. The van der Waals surface area contributed by atoms with Gasteiger partial charge >= 0.3 is 5.97 Å². The van der Waals surface area contributed by atoms with Crippen LogP contribution < -0.4 is 14.2 Å². The standard InChI is InChI=1S/C22H20O5/c1-25-19-12-16(13-20(26-2)21(19)27-3)18-7-5-4-6-17(18)14-8-10-15(11-9-14)22(23)24/h4-13H,1-3H3,(H,23,24). The van der Waals surface area contributed by atoms with Crippen molar-refractivity contribution in [3.63, 3.8) is 0 Å². The molecule has 0 heterocycles. The van der Waals surface area contributed by atoms with Crippen molar-refractivity contribution in [1.82, 2.24) is 0 Å². The highest BCUT2D eigenvalue weighted by molar-refractivity contribution is 5.90. The van der Waals surface area contributed by atoms with Crippen LogP contribution in [0.25, 0.3) is 22.3 Å². The third kappa shape index (κ3) is 3.58. The van der Waals surface area contributed by atoms with Crippen molar-refractivity contribution in [3.8, 4) is 39.5 Å². The van der Waals surface area contributed by atoms with Crippen molar-refractivity contribution < 1.29 is 24.1 Å². The summed E-state index contributed by atoms with van der Waals surface area (Å²) in [4.78, 5) is 11.1. The molecule has 0 radical (unpaired) electrons. The highest BCUT2D eigenvalue weighted by atomic mass is 16.5. The van der Waals surface area contributed by atoms with Gasteiger partial charge in [-0.1, -0.05) is 36.4 Å². The number of carboxylic acids is 1. The molecule has 0 bridgehead atoms. The molecule has 3 rings (SSSR count). The minimum Gasteiger partial charge on any atom is -0.493 e. The Kier molecular flexibility index (Phi) is 5.31. The molecule has 0 amide bonds.